The first-order valence-electron chi connectivity index (χ1n) is 9.20. The molecule has 1 fully saturated rings. The molecule has 1 heterocycles. The van der Waals surface area contributed by atoms with Gasteiger partial charge in [0, 0.05) is 51.4 Å². The Kier molecular flexibility index (Phi) is 10.2. The van der Waals surface area contributed by atoms with E-state index in [1.807, 2.05) is 30.0 Å². The molecule has 1 aliphatic rings. The number of methoxy groups -OCH3 is 2. The van der Waals surface area contributed by atoms with Crippen molar-refractivity contribution >= 4 is 11.8 Å². The van der Waals surface area contributed by atoms with E-state index in [0.29, 0.717) is 18.0 Å². The zero-order valence-electron chi connectivity index (χ0n) is 15.9. The second-order valence-electron chi connectivity index (χ2n) is 6.39. The lowest BCUT2D eigenvalue weighted by molar-refractivity contribution is 0.0705. The second kappa shape index (κ2) is 12.4. The van der Waals surface area contributed by atoms with E-state index in [9.17, 15) is 5.11 Å². The lowest BCUT2D eigenvalue weighted by atomic mass is 10.2. The predicted octanol–water partition coefficient (Wildman–Crippen LogP) is 1.61. The Bertz CT molecular complexity index is 512. The first-order valence-corrected chi connectivity index (χ1v) is 10.4. The lowest BCUT2D eigenvalue weighted by Gasteiger charge is -2.28. The number of β-amino-alcohol motifs (C(OH)–C–C–N with tert-alkyl or cyclic N) is 1. The first-order chi connectivity index (χ1) is 12.7. The molecule has 6 nitrogen and oxygen atoms in total. The Morgan fingerprint density at radius 3 is 2.77 bits per heavy atom. The molecule has 1 atom stereocenters. The van der Waals surface area contributed by atoms with Crippen molar-refractivity contribution in [2.45, 2.75) is 19.1 Å². The Labute approximate surface area is 161 Å². The zero-order valence-corrected chi connectivity index (χ0v) is 16.7. The molecule has 0 radical (unpaired) electrons. The van der Waals surface area contributed by atoms with Crippen molar-refractivity contribution < 1.29 is 19.3 Å². The van der Waals surface area contributed by atoms with Crippen LogP contribution in [-0.2, 0) is 11.3 Å². The number of thioether (sulfide) groups is 1. The van der Waals surface area contributed by atoms with Crippen LogP contribution in [0.25, 0.3) is 0 Å². The van der Waals surface area contributed by atoms with Gasteiger partial charge in [-0.05, 0) is 30.7 Å². The Morgan fingerprint density at radius 1 is 1.23 bits per heavy atom. The van der Waals surface area contributed by atoms with Gasteiger partial charge in [0.2, 0.25) is 0 Å². The number of aliphatic hydroxyl groups is 1. The molecule has 7 heteroatoms. The normalized spacial score (nSPS) is 16.4. The average Bonchev–Trinajstić information content (AvgIpc) is 2.67. The molecule has 1 aromatic carbocycles. The van der Waals surface area contributed by atoms with E-state index in [1.54, 1.807) is 14.2 Å². The minimum absolute atomic E-state index is 0.272. The highest BCUT2D eigenvalue weighted by atomic mass is 32.2. The van der Waals surface area contributed by atoms with Crippen LogP contribution in [0.2, 0.25) is 0 Å². The quantitative estimate of drug-likeness (QED) is 0.531. The molecule has 1 unspecified atom stereocenters. The summed E-state index contributed by atoms with van der Waals surface area (Å²) in [6.45, 7) is 5.46. The number of rotatable bonds is 12. The van der Waals surface area contributed by atoms with Crippen LogP contribution >= 0.6 is 11.8 Å². The molecule has 0 bridgehead atoms. The number of ether oxygens (including phenoxy) is 3. The number of benzene rings is 1. The van der Waals surface area contributed by atoms with Crippen molar-refractivity contribution in [1.29, 1.82) is 0 Å². The van der Waals surface area contributed by atoms with Gasteiger partial charge in [0.25, 0.3) is 0 Å². The molecule has 148 valence electrons. The van der Waals surface area contributed by atoms with Gasteiger partial charge in [-0.25, -0.2) is 0 Å². The summed E-state index contributed by atoms with van der Waals surface area (Å²) in [4.78, 5) is 2.29. The summed E-state index contributed by atoms with van der Waals surface area (Å²) in [5, 5.41) is 13.6. The maximum atomic E-state index is 10.2. The summed E-state index contributed by atoms with van der Waals surface area (Å²) in [7, 11) is 3.35. The standard InChI is InChI=1S/C19H32N2O4S/c1-23-9-3-6-20-13-16-4-5-18(19(12-16)24-2)25-15-17(22)14-21-7-10-26-11-8-21/h4-5,12,17,20,22H,3,6-11,13-15H2,1-2H3. The van der Waals surface area contributed by atoms with E-state index < -0.39 is 6.10 Å². The smallest absolute Gasteiger partial charge is 0.161 e. The molecule has 2 rings (SSSR count). The van der Waals surface area contributed by atoms with E-state index >= 15 is 0 Å². The maximum absolute atomic E-state index is 10.2. The van der Waals surface area contributed by atoms with Crippen molar-refractivity contribution in [2.75, 3.05) is 65.1 Å². The van der Waals surface area contributed by atoms with Gasteiger partial charge in [-0.1, -0.05) is 6.07 Å². The fraction of sp³-hybridized carbons (Fsp3) is 0.684. The molecule has 0 amide bonds. The van der Waals surface area contributed by atoms with Crippen LogP contribution in [0, 0.1) is 0 Å². The predicted molar refractivity (Wildman–Crippen MR) is 106 cm³/mol. The summed E-state index contributed by atoms with van der Waals surface area (Å²) in [5.41, 5.74) is 1.14. The first kappa shape index (κ1) is 21.3. The van der Waals surface area contributed by atoms with Crippen LogP contribution in [0.15, 0.2) is 18.2 Å². The van der Waals surface area contributed by atoms with Gasteiger partial charge in [0.15, 0.2) is 11.5 Å². The van der Waals surface area contributed by atoms with E-state index in [4.69, 9.17) is 14.2 Å². The molecular weight excluding hydrogens is 352 g/mol. The van der Waals surface area contributed by atoms with Crippen LogP contribution in [0.1, 0.15) is 12.0 Å². The lowest BCUT2D eigenvalue weighted by Crippen LogP contribution is -2.40. The van der Waals surface area contributed by atoms with Gasteiger partial charge in [0.1, 0.15) is 12.7 Å². The summed E-state index contributed by atoms with van der Waals surface area (Å²) in [5.74, 6) is 3.65. The topological polar surface area (TPSA) is 63.2 Å². The third-order valence-corrected chi connectivity index (χ3v) is 5.21. The van der Waals surface area contributed by atoms with Crippen molar-refractivity contribution in [3.63, 3.8) is 0 Å². The highest BCUT2D eigenvalue weighted by Gasteiger charge is 2.16. The Hall–Kier alpha value is -0.990. The summed E-state index contributed by atoms with van der Waals surface area (Å²) in [6, 6.07) is 5.91. The van der Waals surface area contributed by atoms with Crippen LogP contribution in [0.5, 0.6) is 11.5 Å². The zero-order chi connectivity index (χ0) is 18.6. The highest BCUT2D eigenvalue weighted by molar-refractivity contribution is 7.99. The van der Waals surface area contributed by atoms with Gasteiger partial charge in [-0.2, -0.15) is 11.8 Å². The fourth-order valence-corrected chi connectivity index (χ4v) is 3.81. The van der Waals surface area contributed by atoms with Crippen molar-refractivity contribution in [1.82, 2.24) is 10.2 Å². The van der Waals surface area contributed by atoms with Crippen molar-refractivity contribution in [3.8, 4) is 11.5 Å². The second-order valence-corrected chi connectivity index (χ2v) is 7.61. The van der Waals surface area contributed by atoms with Crippen LogP contribution in [-0.4, -0.2) is 81.2 Å². The van der Waals surface area contributed by atoms with Gasteiger partial charge in [-0.15, -0.1) is 0 Å². The number of nitrogens with zero attached hydrogens (tertiary/aromatic N) is 1. The SMILES string of the molecule is COCCCNCc1ccc(OCC(O)CN2CCSCC2)c(OC)c1. The van der Waals surface area contributed by atoms with Gasteiger partial charge >= 0.3 is 0 Å². The molecule has 0 aromatic heterocycles. The van der Waals surface area contributed by atoms with Crippen molar-refractivity contribution in [3.05, 3.63) is 23.8 Å². The van der Waals surface area contributed by atoms with Crippen LogP contribution < -0.4 is 14.8 Å². The van der Waals surface area contributed by atoms with E-state index in [0.717, 1.165) is 56.3 Å². The molecule has 1 aliphatic heterocycles. The average molecular weight is 385 g/mol. The number of hydrogen-bond acceptors (Lipinski definition) is 7. The van der Waals surface area contributed by atoms with Gasteiger partial charge in [0.05, 0.1) is 7.11 Å². The number of hydrogen-bond donors (Lipinski definition) is 2. The highest BCUT2D eigenvalue weighted by Crippen LogP contribution is 2.28. The molecule has 1 aromatic rings. The maximum Gasteiger partial charge on any atom is 0.161 e. The molecule has 0 saturated carbocycles. The van der Waals surface area contributed by atoms with Crippen LogP contribution in [0.3, 0.4) is 0 Å². The van der Waals surface area contributed by atoms with E-state index in [1.165, 1.54) is 0 Å². The molecule has 26 heavy (non-hydrogen) atoms. The van der Waals surface area contributed by atoms with E-state index in [-0.39, 0.29) is 6.61 Å². The third kappa shape index (κ3) is 7.72. The van der Waals surface area contributed by atoms with Crippen molar-refractivity contribution in [2.24, 2.45) is 0 Å². The summed E-state index contributed by atoms with van der Waals surface area (Å²) < 4.78 is 16.3. The molecule has 1 saturated heterocycles. The number of aliphatic hydroxyl groups excluding tert-OH is 1. The van der Waals surface area contributed by atoms with Crippen LogP contribution in [0.4, 0.5) is 0 Å². The number of nitrogens with one attached hydrogen (secondary N) is 1. The van der Waals surface area contributed by atoms with Gasteiger partial charge < -0.3 is 24.6 Å². The minimum atomic E-state index is -0.495. The fourth-order valence-electron chi connectivity index (χ4n) is 2.84. The summed E-state index contributed by atoms with van der Waals surface area (Å²) in [6.07, 6.45) is 0.493. The Morgan fingerprint density at radius 2 is 2.04 bits per heavy atom. The molecule has 0 spiro atoms. The summed E-state index contributed by atoms with van der Waals surface area (Å²) >= 11 is 1.97. The third-order valence-electron chi connectivity index (χ3n) is 4.26. The monoisotopic (exact) mass is 384 g/mol. The Balaban J connectivity index is 1.76. The molecule has 0 aliphatic carbocycles. The largest absolute Gasteiger partial charge is 0.493 e. The molecular formula is C19H32N2O4S. The minimum Gasteiger partial charge on any atom is -0.493 e. The van der Waals surface area contributed by atoms with Gasteiger partial charge in [-0.3, -0.25) is 4.90 Å². The molecule has 2 N–H and O–H groups in total. The van der Waals surface area contributed by atoms with E-state index in [2.05, 4.69) is 10.2 Å².